The number of nitrogen functional groups attached to an aromatic ring is 1. The Morgan fingerprint density at radius 2 is 1.46 bits per heavy atom. The molecule has 0 aliphatic carbocycles. The van der Waals surface area contributed by atoms with Gasteiger partial charge in [-0.05, 0) is 42.0 Å². The summed E-state index contributed by atoms with van der Waals surface area (Å²) in [6.45, 7) is 0. The number of aromatic nitrogens is 1. The highest BCUT2D eigenvalue weighted by atomic mass is 19.1. The monoisotopic (exact) mass is 346 g/mol. The van der Waals surface area contributed by atoms with Crippen molar-refractivity contribution in [2.24, 2.45) is 7.05 Å². The number of pyridine rings is 1. The van der Waals surface area contributed by atoms with E-state index in [1.54, 1.807) is 0 Å². The van der Waals surface area contributed by atoms with E-state index in [9.17, 15) is 4.39 Å². The minimum absolute atomic E-state index is 0.233. The highest BCUT2D eigenvalue weighted by Crippen LogP contribution is 2.35. The molecule has 0 aliphatic heterocycles. The van der Waals surface area contributed by atoms with Crippen LogP contribution in [0, 0.1) is 5.82 Å². The lowest BCUT2D eigenvalue weighted by atomic mass is 9.95. The van der Waals surface area contributed by atoms with Crippen molar-refractivity contribution < 1.29 is 8.96 Å². The van der Waals surface area contributed by atoms with Crippen LogP contribution in [0.5, 0.6) is 0 Å². The van der Waals surface area contributed by atoms with Crippen molar-refractivity contribution >= 4 is 33.2 Å². The van der Waals surface area contributed by atoms with Gasteiger partial charge in [-0.2, -0.15) is 4.57 Å². The zero-order valence-corrected chi connectivity index (χ0v) is 15.1. The fraction of sp³-hybridized carbons (Fsp3) is 0.136. The molecule has 4 heteroatoms. The first-order chi connectivity index (χ1) is 12.5. The Kier molecular flexibility index (Phi) is 3.76. The minimum atomic E-state index is -0.233. The largest absolute Gasteiger partial charge is 0.399 e. The van der Waals surface area contributed by atoms with Gasteiger partial charge >= 0.3 is 0 Å². The van der Waals surface area contributed by atoms with Crippen molar-refractivity contribution in [1.29, 1.82) is 0 Å². The average Bonchev–Trinajstić information content (AvgIpc) is 2.63. The summed E-state index contributed by atoms with van der Waals surface area (Å²) in [6.07, 6.45) is 0. The number of benzene rings is 3. The van der Waals surface area contributed by atoms with E-state index in [2.05, 4.69) is 34.7 Å². The average molecular weight is 346 g/mol. The van der Waals surface area contributed by atoms with E-state index in [0.717, 1.165) is 44.3 Å². The topological polar surface area (TPSA) is 33.1 Å². The molecule has 1 heterocycles. The van der Waals surface area contributed by atoms with Crippen molar-refractivity contribution in [3.05, 3.63) is 66.5 Å². The number of hydrogen-bond acceptors (Lipinski definition) is 2. The van der Waals surface area contributed by atoms with Crippen LogP contribution in [0.3, 0.4) is 0 Å². The van der Waals surface area contributed by atoms with Gasteiger partial charge in [-0.3, -0.25) is 0 Å². The maximum atomic E-state index is 13.5. The maximum absolute atomic E-state index is 13.5. The van der Waals surface area contributed by atoms with E-state index in [1.165, 1.54) is 12.1 Å². The maximum Gasteiger partial charge on any atom is 0.215 e. The number of rotatable bonds is 2. The van der Waals surface area contributed by atoms with Gasteiger partial charge in [0.2, 0.25) is 11.0 Å². The number of hydrogen-bond donors (Lipinski definition) is 1. The Morgan fingerprint density at radius 3 is 2.12 bits per heavy atom. The lowest BCUT2D eigenvalue weighted by molar-refractivity contribution is -0.617. The Labute approximate surface area is 152 Å². The molecule has 0 aliphatic rings. The number of aryl methyl sites for hydroxylation is 1. The molecule has 0 fully saturated rings. The van der Waals surface area contributed by atoms with Gasteiger partial charge in [-0.15, -0.1) is 0 Å². The summed E-state index contributed by atoms with van der Waals surface area (Å²) in [5.74, 6) is -0.233. The highest BCUT2D eigenvalue weighted by Gasteiger charge is 2.20. The molecule has 4 aromatic rings. The van der Waals surface area contributed by atoms with E-state index in [0.29, 0.717) is 0 Å². The van der Waals surface area contributed by atoms with E-state index >= 15 is 0 Å². The van der Waals surface area contributed by atoms with E-state index in [4.69, 9.17) is 5.73 Å². The van der Waals surface area contributed by atoms with Gasteiger partial charge in [0.05, 0.1) is 10.8 Å². The lowest BCUT2D eigenvalue weighted by Gasteiger charge is -2.15. The zero-order valence-electron chi connectivity index (χ0n) is 15.1. The molecule has 4 rings (SSSR count). The molecule has 3 aromatic carbocycles. The quantitative estimate of drug-likeness (QED) is 0.334. The third kappa shape index (κ3) is 2.54. The molecule has 0 atom stereocenters. The van der Waals surface area contributed by atoms with Gasteiger partial charge in [0.25, 0.3) is 0 Å². The molecule has 0 saturated heterocycles. The molecule has 26 heavy (non-hydrogen) atoms. The van der Waals surface area contributed by atoms with Gasteiger partial charge in [0, 0.05) is 43.2 Å². The summed E-state index contributed by atoms with van der Waals surface area (Å²) < 4.78 is 15.6. The predicted octanol–water partition coefficient (Wildman–Crippen LogP) is 4.27. The Bertz CT molecular complexity index is 1130. The molecule has 3 nitrogen and oxygen atoms in total. The number of nitrogens with two attached hydrogens (primary N) is 1. The van der Waals surface area contributed by atoms with E-state index in [-0.39, 0.29) is 5.82 Å². The van der Waals surface area contributed by atoms with Crippen molar-refractivity contribution in [2.75, 3.05) is 24.7 Å². The third-order valence-electron chi connectivity index (χ3n) is 4.91. The Balaban J connectivity index is 2.19. The minimum Gasteiger partial charge on any atom is -0.399 e. The fourth-order valence-corrected chi connectivity index (χ4v) is 3.53. The van der Waals surface area contributed by atoms with Crippen LogP contribution in [-0.4, -0.2) is 14.1 Å². The normalized spacial score (nSPS) is 11.2. The SMILES string of the molecule is CN(C)c1ccc2c(-c3ccc(F)cc3)c3ccc(N)cc3[n+](C)c2c1. The van der Waals surface area contributed by atoms with Crippen LogP contribution in [0.15, 0.2) is 60.7 Å². The molecular formula is C22H21FN3+. The van der Waals surface area contributed by atoms with E-state index < -0.39 is 0 Å². The van der Waals surface area contributed by atoms with Crippen LogP contribution in [0.25, 0.3) is 32.9 Å². The molecule has 2 N–H and O–H groups in total. The molecular weight excluding hydrogens is 325 g/mol. The second kappa shape index (κ2) is 5.99. The van der Waals surface area contributed by atoms with Gasteiger partial charge in [-0.25, -0.2) is 4.39 Å². The van der Waals surface area contributed by atoms with Crippen molar-refractivity contribution in [2.45, 2.75) is 0 Å². The Morgan fingerprint density at radius 1 is 0.846 bits per heavy atom. The van der Waals surface area contributed by atoms with Crippen LogP contribution in [-0.2, 0) is 7.05 Å². The fourth-order valence-electron chi connectivity index (χ4n) is 3.53. The summed E-state index contributed by atoms with van der Waals surface area (Å²) in [6, 6.07) is 19.0. The molecule has 0 bridgehead atoms. The van der Waals surface area contributed by atoms with Gasteiger partial charge in [-0.1, -0.05) is 12.1 Å². The first-order valence-electron chi connectivity index (χ1n) is 8.54. The summed E-state index contributed by atoms with van der Waals surface area (Å²) in [5.41, 5.74) is 12.1. The molecule has 130 valence electrons. The van der Waals surface area contributed by atoms with Crippen LogP contribution in [0.2, 0.25) is 0 Å². The standard InChI is InChI=1S/C22H20FN3/c1-25(2)17-9-11-19-21(13-17)26(3)20-12-16(24)8-10-18(20)22(19)14-4-6-15(23)7-5-14/h4-13,24H,1-3H3/p+1. The van der Waals surface area contributed by atoms with Crippen LogP contribution < -0.4 is 15.2 Å². The van der Waals surface area contributed by atoms with E-state index in [1.807, 2.05) is 44.4 Å². The number of halogens is 1. The molecule has 1 aromatic heterocycles. The van der Waals surface area contributed by atoms with Gasteiger partial charge in [0.1, 0.15) is 12.9 Å². The second-order valence-electron chi connectivity index (χ2n) is 6.81. The summed E-state index contributed by atoms with van der Waals surface area (Å²) in [5, 5.41) is 2.22. The van der Waals surface area contributed by atoms with Crippen LogP contribution in [0.1, 0.15) is 0 Å². The predicted molar refractivity (Wildman–Crippen MR) is 107 cm³/mol. The first kappa shape index (κ1) is 16.3. The van der Waals surface area contributed by atoms with Gasteiger partial charge < -0.3 is 10.6 Å². The van der Waals surface area contributed by atoms with Gasteiger partial charge in [0.15, 0.2) is 0 Å². The molecule has 0 saturated carbocycles. The Hall–Kier alpha value is -3.14. The number of nitrogens with zero attached hydrogens (tertiary/aromatic N) is 2. The van der Waals surface area contributed by atoms with Crippen LogP contribution in [0.4, 0.5) is 15.8 Å². The summed E-state index contributed by atoms with van der Waals surface area (Å²) >= 11 is 0. The smallest absolute Gasteiger partial charge is 0.215 e. The molecule has 0 unspecified atom stereocenters. The van der Waals surface area contributed by atoms with Crippen molar-refractivity contribution in [1.82, 2.24) is 0 Å². The third-order valence-corrected chi connectivity index (χ3v) is 4.91. The highest BCUT2D eigenvalue weighted by molar-refractivity contribution is 6.08. The van der Waals surface area contributed by atoms with Crippen molar-refractivity contribution in [3.8, 4) is 11.1 Å². The molecule has 0 spiro atoms. The molecule has 0 radical (unpaired) electrons. The molecule has 0 amide bonds. The summed E-state index contributed by atoms with van der Waals surface area (Å²) in [4.78, 5) is 2.08. The second-order valence-corrected chi connectivity index (χ2v) is 6.81. The van der Waals surface area contributed by atoms with Crippen molar-refractivity contribution in [3.63, 3.8) is 0 Å². The zero-order chi connectivity index (χ0) is 18.4. The number of anilines is 2. The van der Waals surface area contributed by atoms with Crippen LogP contribution >= 0.6 is 0 Å². The number of fused-ring (bicyclic) bond motifs is 2. The first-order valence-corrected chi connectivity index (χ1v) is 8.54. The summed E-state index contributed by atoms with van der Waals surface area (Å²) in [7, 11) is 6.11. The lowest BCUT2D eigenvalue weighted by Crippen LogP contribution is -2.30.